The lowest BCUT2D eigenvalue weighted by Crippen LogP contribution is -2.18. The summed E-state index contributed by atoms with van der Waals surface area (Å²) in [6.07, 6.45) is 4.76. The highest BCUT2D eigenvalue weighted by Gasteiger charge is 2.38. The van der Waals surface area contributed by atoms with Crippen LogP contribution in [0.4, 0.5) is 17.1 Å². The fourth-order valence-corrected chi connectivity index (χ4v) is 5.70. The molecule has 0 N–H and O–H groups in total. The van der Waals surface area contributed by atoms with E-state index in [1.54, 1.807) is 5.57 Å². The van der Waals surface area contributed by atoms with Crippen LogP contribution < -0.4 is 4.90 Å². The quantitative estimate of drug-likeness (QED) is 0.315. The minimum atomic E-state index is 0.0173. The molecule has 0 saturated heterocycles. The molecule has 0 unspecified atom stereocenters. The third-order valence-electron chi connectivity index (χ3n) is 7.44. The van der Waals surface area contributed by atoms with Crippen molar-refractivity contribution in [2.45, 2.75) is 39.0 Å². The molecule has 2 aliphatic rings. The Bertz CT molecular complexity index is 1430. The van der Waals surface area contributed by atoms with E-state index in [2.05, 4.69) is 123 Å². The summed E-state index contributed by atoms with van der Waals surface area (Å²) >= 11 is 0. The van der Waals surface area contributed by atoms with Crippen molar-refractivity contribution in [3.05, 3.63) is 119 Å². The van der Waals surface area contributed by atoms with Crippen molar-refractivity contribution < 1.29 is 0 Å². The van der Waals surface area contributed by atoms with Crippen LogP contribution in [0.1, 0.15) is 44.7 Å². The maximum Gasteiger partial charge on any atom is 0.0540 e. The smallest absolute Gasteiger partial charge is 0.0540 e. The summed E-state index contributed by atoms with van der Waals surface area (Å²) < 4.78 is 0. The third kappa shape index (κ3) is 3.15. The molecule has 0 radical (unpaired) electrons. The summed E-state index contributed by atoms with van der Waals surface area (Å²) in [6, 6.07) is 33.1. The molecule has 4 aromatic rings. The van der Waals surface area contributed by atoms with Crippen LogP contribution in [0.15, 0.2) is 108 Å². The summed E-state index contributed by atoms with van der Waals surface area (Å²) in [5, 5.41) is 2.52. The van der Waals surface area contributed by atoms with Gasteiger partial charge in [0.1, 0.15) is 0 Å². The van der Waals surface area contributed by atoms with Crippen LogP contribution in [-0.2, 0) is 5.41 Å². The lowest BCUT2D eigenvalue weighted by Gasteiger charge is -2.29. The van der Waals surface area contributed by atoms with Crippen molar-refractivity contribution in [2.75, 3.05) is 4.90 Å². The molecule has 4 aromatic carbocycles. The summed E-state index contributed by atoms with van der Waals surface area (Å²) in [5.41, 5.74) is 11.1. The van der Waals surface area contributed by atoms with Crippen LogP contribution in [0.2, 0.25) is 0 Å². The van der Waals surface area contributed by atoms with Gasteiger partial charge in [0.2, 0.25) is 0 Å². The second kappa shape index (κ2) is 7.49. The Balaban J connectivity index is 1.56. The largest absolute Gasteiger partial charge is 0.310 e. The maximum absolute atomic E-state index is 2.44. The first-order valence-electron chi connectivity index (χ1n) is 11.9. The summed E-state index contributed by atoms with van der Waals surface area (Å²) in [5.74, 6) is 0. The lowest BCUT2D eigenvalue weighted by atomic mass is 9.79. The van der Waals surface area contributed by atoms with Gasteiger partial charge >= 0.3 is 0 Å². The Morgan fingerprint density at radius 3 is 2.33 bits per heavy atom. The molecule has 0 fully saturated rings. The Morgan fingerprint density at radius 2 is 1.48 bits per heavy atom. The molecule has 6 rings (SSSR count). The predicted molar refractivity (Wildman–Crippen MR) is 142 cm³/mol. The number of para-hydroxylation sites is 1. The van der Waals surface area contributed by atoms with Crippen molar-refractivity contribution in [1.82, 2.24) is 0 Å². The molecule has 0 saturated carbocycles. The van der Waals surface area contributed by atoms with Crippen LogP contribution in [0, 0.1) is 0 Å². The third-order valence-corrected chi connectivity index (χ3v) is 7.44. The van der Waals surface area contributed by atoms with Gasteiger partial charge in [-0.25, -0.2) is 0 Å². The minimum Gasteiger partial charge on any atom is -0.310 e. The van der Waals surface area contributed by atoms with E-state index in [0.717, 1.165) is 6.42 Å². The second-order valence-electron chi connectivity index (χ2n) is 9.91. The van der Waals surface area contributed by atoms with E-state index in [0.29, 0.717) is 0 Å². The fourth-order valence-electron chi connectivity index (χ4n) is 5.70. The Kier molecular flexibility index (Phi) is 4.55. The molecule has 33 heavy (non-hydrogen) atoms. The number of fused-ring (bicyclic) bond motifs is 3. The highest BCUT2D eigenvalue weighted by molar-refractivity contribution is 5.99. The molecule has 1 nitrogen and oxygen atoms in total. The molecule has 2 aliphatic carbocycles. The average Bonchev–Trinajstić information content (AvgIpc) is 3.06. The van der Waals surface area contributed by atoms with Gasteiger partial charge in [-0.05, 0) is 77.8 Å². The lowest BCUT2D eigenvalue weighted by molar-refractivity contribution is 0.649. The van der Waals surface area contributed by atoms with Crippen LogP contribution in [-0.4, -0.2) is 0 Å². The average molecular weight is 428 g/mol. The topological polar surface area (TPSA) is 3.24 Å². The second-order valence-corrected chi connectivity index (χ2v) is 9.91. The standard InChI is InChI=1S/C32H29N/c1-22-16-18-27-28-19-17-25(21-30(28)32(2,3)29(27)20-22)33(24-12-5-4-6-13-24)31-15-9-11-23-10-7-8-14-26(23)31/h4-15,17,19-21H,16,18H2,1-3H3. The van der Waals surface area contributed by atoms with Gasteiger partial charge in [-0.1, -0.05) is 86.2 Å². The molecular weight excluding hydrogens is 398 g/mol. The van der Waals surface area contributed by atoms with Gasteiger partial charge in [-0.15, -0.1) is 0 Å². The highest BCUT2D eigenvalue weighted by Crippen LogP contribution is 2.52. The van der Waals surface area contributed by atoms with E-state index in [1.807, 2.05) is 0 Å². The van der Waals surface area contributed by atoms with Gasteiger partial charge in [0.05, 0.1) is 5.69 Å². The monoisotopic (exact) mass is 427 g/mol. The molecule has 0 aromatic heterocycles. The fraction of sp³-hybridized carbons (Fsp3) is 0.188. The molecule has 0 heterocycles. The minimum absolute atomic E-state index is 0.0173. The first kappa shape index (κ1) is 20.1. The van der Waals surface area contributed by atoms with E-state index >= 15 is 0 Å². The summed E-state index contributed by atoms with van der Waals surface area (Å²) in [6.45, 7) is 7.04. The molecule has 0 spiro atoms. The van der Waals surface area contributed by atoms with Gasteiger partial charge in [0, 0.05) is 22.2 Å². The zero-order valence-corrected chi connectivity index (χ0v) is 19.6. The number of allylic oxidation sites excluding steroid dienone is 4. The number of rotatable bonds is 3. The van der Waals surface area contributed by atoms with Crippen LogP contribution in [0.5, 0.6) is 0 Å². The Morgan fingerprint density at radius 1 is 0.727 bits per heavy atom. The van der Waals surface area contributed by atoms with E-state index in [4.69, 9.17) is 0 Å². The maximum atomic E-state index is 2.44. The Labute approximate surface area is 196 Å². The van der Waals surface area contributed by atoms with E-state index < -0.39 is 0 Å². The van der Waals surface area contributed by atoms with Gasteiger partial charge < -0.3 is 4.90 Å². The van der Waals surface area contributed by atoms with Crippen molar-refractivity contribution in [2.24, 2.45) is 0 Å². The number of hydrogen-bond acceptors (Lipinski definition) is 1. The zero-order chi connectivity index (χ0) is 22.6. The Hall–Kier alpha value is -3.58. The SMILES string of the molecule is CC1=CC2=C(CC1)c1ccc(N(c3ccccc3)c3cccc4ccccc34)cc1C2(C)C. The van der Waals surface area contributed by atoms with Crippen molar-refractivity contribution in [1.29, 1.82) is 0 Å². The summed E-state index contributed by atoms with van der Waals surface area (Å²) in [4.78, 5) is 2.41. The van der Waals surface area contributed by atoms with Crippen LogP contribution in [0.25, 0.3) is 16.3 Å². The van der Waals surface area contributed by atoms with Gasteiger partial charge in [-0.3, -0.25) is 0 Å². The van der Waals surface area contributed by atoms with Crippen molar-refractivity contribution in [3.63, 3.8) is 0 Å². The predicted octanol–water partition coefficient (Wildman–Crippen LogP) is 9.09. The molecule has 162 valence electrons. The van der Waals surface area contributed by atoms with Crippen molar-refractivity contribution >= 4 is 33.4 Å². The van der Waals surface area contributed by atoms with Gasteiger partial charge in [0.25, 0.3) is 0 Å². The van der Waals surface area contributed by atoms with Crippen LogP contribution in [0.3, 0.4) is 0 Å². The van der Waals surface area contributed by atoms with E-state index in [1.165, 1.54) is 56.5 Å². The molecule has 0 bridgehead atoms. The number of benzene rings is 4. The zero-order valence-electron chi connectivity index (χ0n) is 19.6. The number of hydrogen-bond donors (Lipinski definition) is 0. The summed E-state index contributed by atoms with van der Waals surface area (Å²) in [7, 11) is 0. The molecule has 0 atom stereocenters. The molecule has 0 aliphatic heterocycles. The van der Waals surface area contributed by atoms with Crippen molar-refractivity contribution in [3.8, 4) is 0 Å². The molecular formula is C32H29N. The normalized spacial score (nSPS) is 16.4. The highest BCUT2D eigenvalue weighted by atomic mass is 15.1. The van der Waals surface area contributed by atoms with Crippen LogP contribution >= 0.6 is 0 Å². The first-order chi connectivity index (χ1) is 16.0. The molecule has 1 heteroatoms. The van der Waals surface area contributed by atoms with Gasteiger partial charge in [0.15, 0.2) is 0 Å². The van der Waals surface area contributed by atoms with E-state index in [9.17, 15) is 0 Å². The van der Waals surface area contributed by atoms with E-state index in [-0.39, 0.29) is 5.41 Å². The number of anilines is 3. The number of nitrogens with zero attached hydrogens (tertiary/aromatic N) is 1. The first-order valence-corrected chi connectivity index (χ1v) is 11.9. The van der Waals surface area contributed by atoms with Gasteiger partial charge in [-0.2, -0.15) is 0 Å². The molecule has 0 amide bonds.